The lowest BCUT2D eigenvalue weighted by atomic mass is 9.95. The Balaban J connectivity index is 0.000000117. The zero-order valence-corrected chi connectivity index (χ0v) is 56.1. The second-order valence-corrected chi connectivity index (χ2v) is 26.2. The molecule has 12 aromatic rings. The fraction of sp³-hybridized carbons (Fsp3) is 0.253. The highest BCUT2D eigenvalue weighted by molar-refractivity contribution is 6.09. The summed E-state index contributed by atoms with van der Waals surface area (Å²) in [6.07, 6.45) is 18.7. The number of likely N-dealkylation sites (N-methyl/N-ethyl adjacent to an activating group) is 3. The number of pyridine rings is 6. The van der Waals surface area contributed by atoms with Gasteiger partial charge in [0.1, 0.15) is 29.4 Å². The third-order valence-electron chi connectivity index (χ3n) is 19.8. The van der Waals surface area contributed by atoms with Gasteiger partial charge in [-0.05, 0) is 158 Å². The standard InChI is InChI=1S/C26H27N7O.C25H25N7O.C24H24N8O/c1-16-11-23-20(14-27-16)19(13-28-23)18-4-5-22(25-21(18)15-30-26(25)34)31-24-6-3-17(12-29-24)33-9-7-32(2)8-10-33;1-30-10-12-31(13-11-30)18-2-5-22(27-15-18)29-21-4-3-19(20-16-28-25(33)24(20)21)17-6-8-32-9-7-26-23(32)14-17;1-30-8-10-31(11-9-30)17-2-5-21(25-13-17)29-20-4-3-18(19-14-26-24(33)23(19)20)16-6-7-32-22(12-16)27-15-28-32/h3-6,11-14,28H,7-10,15H2,1-2H3,(H,29,31)(H,30,34);2-9,14-15H,10-13,16H2,1H3,(H,27,29)(H,28,33);2-7,12-13,15H,8-11,14H2,1H3,(H,25,29)(H,26,33). The predicted octanol–water partition coefficient (Wildman–Crippen LogP) is 9.34. The zero-order valence-electron chi connectivity index (χ0n) is 56.1. The van der Waals surface area contributed by atoms with Crippen molar-refractivity contribution in [3.63, 3.8) is 0 Å². The van der Waals surface area contributed by atoms with Gasteiger partial charge in [-0.15, -0.1) is 0 Å². The third kappa shape index (κ3) is 12.7. The number of nitrogens with zero attached hydrogens (tertiary/aromatic N) is 15. The molecule has 6 aliphatic heterocycles. The van der Waals surface area contributed by atoms with Crippen molar-refractivity contribution in [2.75, 3.05) is 130 Å². The maximum absolute atomic E-state index is 12.8. The monoisotopic (exact) mass is 1330 g/mol. The van der Waals surface area contributed by atoms with Gasteiger partial charge in [0, 0.05) is 158 Å². The minimum absolute atomic E-state index is 0.0645. The van der Waals surface area contributed by atoms with Crippen LogP contribution in [0.1, 0.15) is 53.5 Å². The number of anilines is 9. The van der Waals surface area contributed by atoms with E-state index in [0.29, 0.717) is 42.1 Å². The molecule has 7 N–H and O–H groups in total. The topological polar surface area (TPSA) is 258 Å². The van der Waals surface area contributed by atoms with Crippen LogP contribution in [0.2, 0.25) is 0 Å². The van der Waals surface area contributed by atoms with Crippen molar-refractivity contribution in [1.29, 1.82) is 0 Å². The maximum Gasteiger partial charge on any atom is 0.254 e. The Labute approximate surface area is 577 Å². The quantitative estimate of drug-likeness (QED) is 0.0601. The first kappa shape index (κ1) is 63.0. The molecular formula is C75H76N22O3. The van der Waals surface area contributed by atoms with E-state index >= 15 is 0 Å². The number of amides is 3. The molecule has 25 heteroatoms. The molecule has 0 aliphatic carbocycles. The van der Waals surface area contributed by atoms with Crippen molar-refractivity contribution in [2.24, 2.45) is 0 Å². The van der Waals surface area contributed by atoms with Gasteiger partial charge < -0.3 is 70.7 Å². The van der Waals surface area contributed by atoms with Crippen LogP contribution < -0.4 is 46.6 Å². The summed E-state index contributed by atoms with van der Waals surface area (Å²) in [6, 6.07) is 34.4. The minimum atomic E-state index is -0.0769. The lowest BCUT2D eigenvalue weighted by Gasteiger charge is -2.33. The van der Waals surface area contributed by atoms with E-state index in [-0.39, 0.29) is 17.7 Å². The van der Waals surface area contributed by atoms with Gasteiger partial charge in [0.05, 0.1) is 69.4 Å². The van der Waals surface area contributed by atoms with Gasteiger partial charge in [-0.25, -0.2) is 29.4 Å². The molecule has 0 spiro atoms. The molecule has 0 unspecified atom stereocenters. The summed E-state index contributed by atoms with van der Waals surface area (Å²) in [4.78, 5) is 82.6. The normalized spacial score (nSPS) is 16.1. The molecule has 0 atom stereocenters. The second-order valence-electron chi connectivity index (χ2n) is 26.2. The van der Waals surface area contributed by atoms with Crippen molar-refractivity contribution in [2.45, 2.75) is 26.6 Å². The zero-order chi connectivity index (χ0) is 68.0. The smallest absolute Gasteiger partial charge is 0.254 e. The van der Waals surface area contributed by atoms with Crippen molar-refractivity contribution in [1.82, 2.24) is 79.6 Å². The number of hydrogen-bond acceptors (Lipinski definition) is 19. The van der Waals surface area contributed by atoms with E-state index < -0.39 is 0 Å². The molecule has 3 aromatic carbocycles. The summed E-state index contributed by atoms with van der Waals surface area (Å²) in [6.45, 7) is 15.8. The largest absolute Gasteiger partial charge is 0.368 e. The molecule has 3 amide bonds. The number of carbonyl (C=O) groups excluding carboxylic acids is 3. The minimum Gasteiger partial charge on any atom is -0.368 e. The molecule has 504 valence electrons. The number of aryl methyl sites for hydroxylation is 1. The van der Waals surface area contributed by atoms with E-state index in [2.05, 4.69) is 159 Å². The summed E-state index contributed by atoms with van der Waals surface area (Å²) in [5.74, 6) is 1.95. The number of fused-ring (bicyclic) bond motifs is 6. The Bertz CT molecular complexity index is 4850. The molecule has 3 fully saturated rings. The first-order chi connectivity index (χ1) is 48.9. The summed E-state index contributed by atoms with van der Waals surface area (Å²) < 4.78 is 3.70. The maximum atomic E-state index is 12.8. The van der Waals surface area contributed by atoms with E-state index in [4.69, 9.17) is 0 Å². The van der Waals surface area contributed by atoms with Crippen molar-refractivity contribution in [3.05, 3.63) is 204 Å². The molecule has 6 aliphatic rings. The lowest BCUT2D eigenvalue weighted by molar-refractivity contribution is 0.0958. The van der Waals surface area contributed by atoms with Gasteiger partial charge in [-0.2, -0.15) is 5.10 Å². The van der Waals surface area contributed by atoms with Crippen LogP contribution in [-0.4, -0.2) is 181 Å². The van der Waals surface area contributed by atoms with Crippen molar-refractivity contribution in [3.8, 4) is 33.4 Å². The van der Waals surface area contributed by atoms with Crippen LogP contribution in [0.15, 0.2) is 165 Å². The molecule has 100 heavy (non-hydrogen) atoms. The van der Waals surface area contributed by atoms with Crippen LogP contribution in [0, 0.1) is 6.92 Å². The van der Waals surface area contributed by atoms with Crippen LogP contribution in [0.25, 0.3) is 55.6 Å². The molecule has 9 aromatic heterocycles. The summed E-state index contributed by atoms with van der Waals surface area (Å²) in [7, 11) is 6.45. The number of piperazine rings is 3. The number of nitrogens with one attached hydrogen (secondary N) is 7. The van der Waals surface area contributed by atoms with E-state index in [1.165, 1.54) is 6.33 Å². The summed E-state index contributed by atoms with van der Waals surface area (Å²) in [5, 5.41) is 24.2. The number of H-pyrrole nitrogens is 1. The van der Waals surface area contributed by atoms with Crippen LogP contribution >= 0.6 is 0 Å². The number of rotatable bonds is 12. The van der Waals surface area contributed by atoms with Crippen molar-refractivity contribution < 1.29 is 14.4 Å². The average Bonchev–Trinajstić information content (AvgIpc) is 1.58. The van der Waals surface area contributed by atoms with Crippen LogP contribution in [0.3, 0.4) is 0 Å². The van der Waals surface area contributed by atoms with Gasteiger partial charge in [0.15, 0.2) is 5.65 Å². The number of benzene rings is 3. The number of aromatic amines is 1. The Morgan fingerprint density at radius 2 is 0.870 bits per heavy atom. The number of carbonyl (C=O) groups is 3. The van der Waals surface area contributed by atoms with Crippen molar-refractivity contribution >= 4 is 91.5 Å². The molecular weight excluding hydrogens is 1260 g/mol. The van der Waals surface area contributed by atoms with Gasteiger partial charge >= 0.3 is 0 Å². The SMILES string of the molecule is CN1CCN(c2ccc(Nc3ccc(-c4ccn5ccnc5c4)c4c3C(=O)NC4)nc2)CC1.CN1CCN(c2ccc(Nc3ccc(-c4ccn5ncnc5c4)c4c3C(=O)NC4)nc2)CC1.Cc1cc2[nH]cc(-c3ccc(Nc4ccc(N5CCN(C)CC5)cn4)c4c3CNC4=O)c2cn1. The predicted molar refractivity (Wildman–Crippen MR) is 391 cm³/mol. The van der Waals surface area contributed by atoms with Gasteiger partial charge in [-0.1, -0.05) is 18.2 Å². The van der Waals surface area contributed by atoms with Gasteiger partial charge in [0.25, 0.3) is 17.7 Å². The highest BCUT2D eigenvalue weighted by Crippen LogP contribution is 2.40. The van der Waals surface area contributed by atoms with Gasteiger partial charge in [0.2, 0.25) is 0 Å². The molecule has 18 rings (SSSR count). The van der Waals surface area contributed by atoms with E-state index in [9.17, 15) is 14.4 Å². The van der Waals surface area contributed by atoms with Gasteiger partial charge in [-0.3, -0.25) is 19.4 Å². The highest BCUT2D eigenvalue weighted by Gasteiger charge is 2.31. The second kappa shape index (κ2) is 26.9. The Morgan fingerprint density at radius 3 is 1.34 bits per heavy atom. The summed E-state index contributed by atoms with van der Waals surface area (Å²) >= 11 is 0. The first-order valence-corrected chi connectivity index (χ1v) is 33.9. The third-order valence-corrected chi connectivity index (χ3v) is 19.8. The van der Waals surface area contributed by atoms with E-state index in [1.54, 1.807) is 10.7 Å². The molecule has 0 saturated carbocycles. The Kier molecular flexibility index (Phi) is 16.9. The Morgan fingerprint density at radius 1 is 0.420 bits per heavy atom. The highest BCUT2D eigenvalue weighted by atomic mass is 16.2. The molecule has 3 saturated heterocycles. The molecule has 25 nitrogen and oxygen atoms in total. The first-order valence-electron chi connectivity index (χ1n) is 33.9. The van der Waals surface area contributed by atoms with E-state index in [0.717, 1.165) is 202 Å². The Hall–Kier alpha value is -11.8. The molecule has 15 heterocycles. The number of imidazole rings is 1. The van der Waals surface area contributed by atoms with E-state index in [1.807, 2.05) is 128 Å². The lowest BCUT2D eigenvalue weighted by Crippen LogP contribution is -2.44. The molecule has 0 radical (unpaired) electrons. The number of aromatic nitrogens is 10. The fourth-order valence-electron chi connectivity index (χ4n) is 14.1. The van der Waals surface area contributed by atoms with Crippen LogP contribution in [-0.2, 0) is 19.6 Å². The van der Waals surface area contributed by atoms with Crippen LogP contribution in [0.4, 0.5) is 51.6 Å². The molecule has 0 bridgehead atoms. The van der Waals surface area contributed by atoms with Crippen LogP contribution in [0.5, 0.6) is 0 Å². The average molecular weight is 1330 g/mol. The number of hydrogen-bond donors (Lipinski definition) is 7. The summed E-state index contributed by atoms with van der Waals surface area (Å²) in [5.41, 5.74) is 20.5. The fourth-order valence-corrected chi connectivity index (χ4v) is 14.1.